The number of piperidine rings is 1. The van der Waals surface area contributed by atoms with Crippen molar-refractivity contribution in [2.45, 2.75) is 53.3 Å². The Morgan fingerprint density at radius 2 is 1.53 bits per heavy atom. The van der Waals surface area contributed by atoms with E-state index in [-0.39, 0.29) is 26.6 Å². The molecule has 164 valence electrons. The molecule has 0 amide bonds. The molecule has 3 N–H and O–H groups in total. The summed E-state index contributed by atoms with van der Waals surface area (Å²) in [6.45, 7) is 5.29. The molecule has 0 spiro atoms. The Morgan fingerprint density at radius 3 is 2.10 bits per heavy atom. The third-order valence-electron chi connectivity index (χ3n) is 5.32. The Kier molecular flexibility index (Phi) is 6.86. The van der Waals surface area contributed by atoms with Crippen molar-refractivity contribution in [3.8, 4) is 0 Å². The summed E-state index contributed by atoms with van der Waals surface area (Å²) in [7, 11) is -5.97. The van der Waals surface area contributed by atoms with Crippen molar-refractivity contribution >= 4 is 25.5 Å². The third-order valence-corrected chi connectivity index (χ3v) is 8.66. The number of nitrogens with one attached hydrogen (secondary N) is 3. The topological polar surface area (TPSA) is 104 Å². The van der Waals surface area contributed by atoms with Gasteiger partial charge in [-0.05, 0) is 73.8 Å². The van der Waals surface area contributed by atoms with E-state index in [1.165, 1.54) is 24.3 Å². The largest absolute Gasteiger partial charge is 0.388 e. The Morgan fingerprint density at radius 1 is 0.933 bits per heavy atom. The number of rotatable bonds is 7. The lowest BCUT2D eigenvalue weighted by atomic mass is 10.0. The maximum atomic E-state index is 13.2. The number of hydrogen-bond acceptors (Lipinski definition) is 6. The van der Waals surface area contributed by atoms with Crippen LogP contribution in [0.4, 0.5) is 5.69 Å². The minimum Gasteiger partial charge on any atom is -0.388 e. The molecule has 1 aliphatic heterocycles. The van der Waals surface area contributed by atoms with Gasteiger partial charge in [0.15, 0.2) is 0 Å². The highest BCUT2D eigenvalue weighted by atomic mass is 32.2. The molecule has 0 bridgehead atoms. The van der Waals surface area contributed by atoms with Crippen LogP contribution in [0.3, 0.4) is 0 Å². The fraction of sp³-hybridized carbons (Fsp3) is 0.429. The van der Waals surface area contributed by atoms with Crippen molar-refractivity contribution < 1.29 is 16.8 Å². The molecule has 0 aromatic heterocycles. The fourth-order valence-corrected chi connectivity index (χ4v) is 6.61. The minimum atomic E-state index is -3.86. The van der Waals surface area contributed by atoms with E-state index in [1.807, 2.05) is 13.8 Å². The van der Waals surface area contributed by atoms with Gasteiger partial charge in [0.25, 0.3) is 0 Å². The van der Waals surface area contributed by atoms with Gasteiger partial charge in [-0.2, -0.15) is 0 Å². The number of anilines is 1. The summed E-state index contributed by atoms with van der Waals surface area (Å²) in [5.74, 6) is -0.0729. The molecule has 7 nitrogen and oxygen atoms in total. The zero-order chi connectivity index (χ0) is 21.9. The lowest BCUT2D eigenvalue weighted by Crippen LogP contribution is -2.42. The molecular formula is C21H29N3O4S2. The normalized spacial score (nSPS) is 16.0. The Balaban J connectivity index is 2.03. The van der Waals surface area contributed by atoms with Crippen molar-refractivity contribution in [2.24, 2.45) is 0 Å². The van der Waals surface area contributed by atoms with Crippen LogP contribution in [0, 0.1) is 0 Å². The quantitative estimate of drug-likeness (QED) is 0.598. The molecule has 30 heavy (non-hydrogen) atoms. The van der Waals surface area contributed by atoms with Crippen molar-refractivity contribution in [1.29, 1.82) is 0 Å². The number of benzene rings is 2. The van der Waals surface area contributed by atoms with Gasteiger partial charge in [0.1, 0.15) is 0 Å². The molecule has 0 saturated carbocycles. The molecule has 1 heterocycles. The smallest absolute Gasteiger partial charge is 0.241 e. The molecule has 0 radical (unpaired) electrons. The van der Waals surface area contributed by atoms with Crippen LogP contribution in [-0.4, -0.2) is 43.0 Å². The van der Waals surface area contributed by atoms with Gasteiger partial charge in [0.2, 0.25) is 19.9 Å². The molecule has 1 fully saturated rings. The van der Waals surface area contributed by atoms with Crippen LogP contribution in [0.2, 0.25) is 0 Å². The Labute approximate surface area is 179 Å². The predicted octanol–water partition coefficient (Wildman–Crippen LogP) is 2.71. The van der Waals surface area contributed by atoms with Crippen molar-refractivity contribution in [2.75, 3.05) is 25.5 Å². The van der Waals surface area contributed by atoms with Gasteiger partial charge in [0, 0.05) is 18.8 Å². The van der Waals surface area contributed by atoms with E-state index in [1.54, 1.807) is 25.2 Å². The number of sulfone groups is 1. The highest BCUT2D eigenvalue weighted by Gasteiger charge is 2.28. The van der Waals surface area contributed by atoms with Gasteiger partial charge in [-0.3, -0.25) is 0 Å². The maximum absolute atomic E-state index is 13.2. The average molecular weight is 452 g/mol. The molecule has 2 aromatic rings. The van der Waals surface area contributed by atoms with Crippen LogP contribution in [-0.2, 0) is 19.9 Å². The first-order valence-corrected chi connectivity index (χ1v) is 13.0. The first-order chi connectivity index (χ1) is 14.1. The molecule has 0 atom stereocenters. The molecule has 3 rings (SSSR count). The summed E-state index contributed by atoms with van der Waals surface area (Å²) in [6, 6.07) is 10.6. The molecule has 9 heteroatoms. The van der Waals surface area contributed by atoms with Crippen molar-refractivity contribution in [3.05, 3.63) is 48.0 Å². The minimum absolute atomic E-state index is 0.0314. The van der Waals surface area contributed by atoms with Gasteiger partial charge in [-0.1, -0.05) is 19.9 Å². The lowest BCUT2D eigenvalue weighted by Gasteiger charge is -2.24. The van der Waals surface area contributed by atoms with E-state index in [2.05, 4.69) is 15.4 Å². The molecule has 2 aromatic carbocycles. The second-order valence-electron chi connectivity index (χ2n) is 7.78. The van der Waals surface area contributed by atoms with E-state index in [0.717, 1.165) is 18.8 Å². The van der Waals surface area contributed by atoms with E-state index in [9.17, 15) is 16.8 Å². The summed E-state index contributed by atoms with van der Waals surface area (Å²) in [6.07, 6.45) is 1.40. The Hall–Kier alpha value is -1.94. The van der Waals surface area contributed by atoms with Gasteiger partial charge in [-0.15, -0.1) is 0 Å². The van der Waals surface area contributed by atoms with Crippen LogP contribution < -0.4 is 15.4 Å². The van der Waals surface area contributed by atoms with Crippen LogP contribution in [0.15, 0.2) is 57.2 Å². The van der Waals surface area contributed by atoms with Gasteiger partial charge in [-0.25, -0.2) is 21.6 Å². The van der Waals surface area contributed by atoms with Crippen molar-refractivity contribution in [3.63, 3.8) is 0 Å². The third kappa shape index (κ3) is 4.85. The lowest BCUT2D eigenvalue weighted by molar-refractivity contribution is 0.426. The molecule has 0 aliphatic carbocycles. The number of sulfonamides is 1. The monoisotopic (exact) mass is 451 g/mol. The zero-order valence-electron chi connectivity index (χ0n) is 17.5. The standard InChI is InChI=1S/C21H29N3O4S2/c1-15(2)20-9-8-19(29(25,26)18-6-4-16(22-3)5-7-18)14-21(20)30(27,28)24-17-10-12-23-13-11-17/h4-9,14-15,17,22-24H,10-13H2,1-3H3. The maximum Gasteiger partial charge on any atom is 0.241 e. The summed E-state index contributed by atoms with van der Waals surface area (Å²) >= 11 is 0. The van der Waals surface area contributed by atoms with Crippen LogP contribution in [0.5, 0.6) is 0 Å². The van der Waals surface area contributed by atoms with Gasteiger partial charge >= 0.3 is 0 Å². The van der Waals surface area contributed by atoms with E-state index < -0.39 is 19.9 Å². The molecule has 1 saturated heterocycles. The second-order valence-corrected chi connectivity index (χ2v) is 11.4. The van der Waals surface area contributed by atoms with E-state index in [0.29, 0.717) is 18.4 Å². The fourth-order valence-electron chi connectivity index (χ4n) is 3.55. The summed E-state index contributed by atoms with van der Waals surface area (Å²) < 4.78 is 55.4. The SMILES string of the molecule is CNc1ccc(S(=O)(=O)c2ccc(C(C)C)c(S(=O)(=O)NC3CCNCC3)c2)cc1. The van der Waals surface area contributed by atoms with E-state index in [4.69, 9.17) is 0 Å². The first-order valence-electron chi connectivity index (χ1n) is 10.0. The van der Waals surface area contributed by atoms with Gasteiger partial charge < -0.3 is 10.6 Å². The predicted molar refractivity (Wildman–Crippen MR) is 118 cm³/mol. The highest BCUT2D eigenvalue weighted by Crippen LogP contribution is 2.30. The summed E-state index contributed by atoms with van der Waals surface area (Å²) in [4.78, 5) is 0.118. The van der Waals surface area contributed by atoms with Crippen LogP contribution >= 0.6 is 0 Å². The average Bonchev–Trinajstić information content (AvgIpc) is 2.73. The number of hydrogen-bond donors (Lipinski definition) is 3. The van der Waals surface area contributed by atoms with E-state index >= 15 is 0 Å². The second kappa shape index (κ2) is 9.05. The van der Waals surface area contributed by atoms with Crippen molar-refractivity contribution in [1.82, 2.24) is 10.0 Å². The van der Waals surface area contributed by atoms with Crippen LogP contribution in [0.1, 0.15) is 38.2 Å². The summed E-state index contributed by atoms with van der Waals surface area (Å²) in [5.41, 5.74) is 1.39. The zero-order valence-corrected chi connectivity index (χ0v) is 19.1. The molecule has 0 unspecified atom stereocenters. The van der Waals surface area contributed by atoms with Gasteiger partial charge in [0.05, 0.1) is 14.7 Å². The van der Waals surface area contributed by atoms with Crippen LogP contribution in [0.25, 0.3) is 0 Å². The Bertz CT molecular complexity index is 1090. The highest BCUT2D eigenvalue weighted by molar-refractivity contribution is 7.91. The summed E-state index contributed by atoms with van der Waals surface area (Å²) in [5, 5.41) is 6.15. The molecular weight excluding hydrogens is 422 g/mol. The first kappa shape index (κ1) is 22.7. The molecule has 1 aliphatic rings.